The van der Waals surface area contributed by atoms with Crippen LogP contribution in [-0.2, 0) is 4.79 Å². The van der Waals surface area contributed by atoms with E-state index in [0.29, 0.717) is 30.1 Å². The zero-order valence-electron chi connectivity index (χ0n) is 12.2. The summed E-state index contributed by atoms with van der Waals surface area (Å²) in [5.41, 5.74) is 5.13. The Morgan fingerprint density at radius 1 is 1.13 bits per heavy atom. The number of amides is 5. The smallest absolute Gasteiger partial charge is 0.309 e. The third-order valence-electron chi connectivity index (χ3n) is 3.98. The number of nitrogens with one attached hydrogen (secondary N) is 3. The van der Waals surface area contributed by atoms with Crippen molar-refractivity contribution in [2.75, 3.05) is 11.9 Å². The molecule has 0 aromatic heterocycles. The first-order valence-corrected chi connectivity index (χ1v) is 7.27. The third kappa shape index (κ3) is 3.04. The van der Waals surface area contributed by atoms with Crippen LogP contribution < -0.4 is 16.2 Å². The largest absolute Gasteiger partial charge is 0.344 e. The van der Waals surface area contributed by atoms with Crippen molar-refractivity contribution in [3.05, 3.63) is 30.3 Å². The lowest BCUT2D eigenvalue weighted by atomic mass is 10.0. The number of nitrogens with zero attached hydrogens (tertiary/aromatic N) is 2. The van der Waals surface area contributed by atoms with E-state index in [1.54, 1.807) is 24.3 Å². The van der Waals surface area contributed by atoms with Crippen molar-refractivity contribution < 1.29 is 19.6 Å². The maximum atomic E-state index is 12.1. The molecule has 0 aliphatic carbocycles. The first-order chi connectivity index (χ1) is 11.1. The van der Waals surface area contributed by atoms with Gasteiger partial charge in [-0.1, -0.05) is 18.2 Å². The minimum Gasteiger partial charge on any atom is -0.309 e. The van der Waals surface area contributed by atoms with E-state index < -0.39 is 24.0 Å². The molecule has 23 heavy (non-hydrogen) atoms. The number of hydrogen-bond acceptors (Lipinski definition) is 4. The van der Waals surface area contributed by atoms with Crippen LogP contribution in [0.5, 0.6) is 0 Å². The Morgan fingerprint density at radius 2 is 1.87 bits per heavy atom. The quantitative estimate of drug-likeness (QED) is 0.469. The van der Waals surface area contributed by atoms with E-state index in [1.807, 2.05) is 6.07 Å². The molecular formula is C14H17N5O4. The van der Waals surface area contributed by atoms with E-state index in [-0.39, 0.29) is 6.04 Å². The summed E-state index contributed by atoms with van der Waals surface area (Å²) in [6, 6.07) is 6.64. The zero-order valence-corrected chi connectivity index (χ0v) is 12.2. The molecule has 9 heteroatoms. The number of carbonyl (C=O) groups excluding carboxylic acids is 3. The summed E-state index contributed by atoms with van der Waals surface area (Å²) in [5.74, 6) is -0.490. The van der Waals surface area contributed by atoms with Crippen LogP contribution in [0.1, 0.15) is 12.8 Å². The van der Waals surface area contributed by atoms with Gasteiger partial charge in [-0.05, 0) is 25.0 Å². The van der Waals surface area contributed by atoms with Crippen molar-refractivity contribution >= 4 is 23.7 Å². The Kier molecular flexibility index (Phi) is 4.02. The third-order valence-corrected chi connectivity index (χ3v) is 3.98. The highest BCUT2D eigenvalue weighted by Crippen LogP contribution is 2.28. The molecule has 0 radical (unpaired) electrons. The molecule has 2 bridgehead atoms. The SMILES string of the molecule is O=C(NNC(=O)C1CCC2CN1C(=O)N2O)Nc1ccccc1. The van der Waals surface area contributed by atoms with Gasteiger partial charge < -0.3 is 10.2 Å². The van der Waals surface area contributed by atoms with Gasteiger partial charge in [0.05, 0.1) is 6.04 Å². The van der Waals surface area contributed by atoms with Crippen molar-refractivity contribution in [3.63, 3.8) is 0 Å². The fourth-order valence-corrected chi connectivity index (χ4v) is 2.81. The van der Waals surface area contributed by atoms with E-state index >= 15 is 0 Å². The number of anilines is 1. The lowest BCUT2D eigenvalue weighted by Gasteiger charge is -2.29. The Balaban J connectivity index is 1.51. The van der Waals surface area contributed by atoms with Crippen LogP contribution in [0, 0.1) is 0 Å². The molecule has 0 spiro atoms. The topological polar surface area (TPSA) is 114 Å². The van der Waals surface area contributed by atoms with Gasteiger partial charge in [0.2, 0.25) is 0 Å². The second-order valence-electron chi connectivity index (χ2n) is 5.46. The number of para-hydroxylation sites is 1. The van der Waals surface area contributed by atoms with E-state index in [4.69, 9.17) is 0 Å². The number of carbonyl (C=O) groups is 3. The minimum absolute atomic E-state index is 0.263. The average molecular weight is 319 g/mol. The zero-order chi connectivity index (χ0) is 16.4. The molecule has 2 heterocycles. The van der Waals surface area contributed by atoms with Crippen LogP contribution in [-0.4, -0.2) is 51.8 Å². The summed E-state index contributed by atoms with van der Waals surface area (Å²) in [4.78, 5) is 37.0. The molecule has 2 aliphatic heterocycles. The molecule has 5 amide bonds. The molecule has 2 aliphatic rings. The number of hydroxylamine groups is 2. The monoisotopic (exact) mass is 319 g/mol. The number of urea groups is 2. The van der Waals surface area contributed by atoms with Crippen LogP contribution in [0.25, 0.3) is 0 Å². The van der Waals surface area contributed by atoms with Crippen LogP contribution in [0.2, 0.25) is 0 Å². The summed E-state index contributed by atoms with van der Waals surface area (Å²) >= 11 is 0. The Morgan fingerprint density at radius 3 is 2.61 bits per heavy atom. The number of hydrazine groups is 1. The first-order valence-electron chi connectivity index (χ1n) is 7.27. The van der Waals surface area contributed by atoms with Gasteiger partial charge in [-0.15, -0.1) is 0 Å². The van der Waals surface area contributed by atoms with Crippen molar-refractivity contribution in [3.8, 4) is 0 Å². The number of hydrogen-bond donors (Lipinski definition) is 4. The van der Waals surface area contributed by atoms with Crippen LogP contribution in [0.3, 0.4) is 0 Å². The average Bonchev–Trinajstić information content (AvgIpc) is 2.78. The highest BCUT2D eigenvalue weighted by molar-refractivity contribution is 5.93. The van der Waals surface area contributed by atoms with Gasteiger partial charge in [0.15, 0.2) is 0 Å². The van der Waals surface area contributed by atoms with E-state index in [1.165, 1.54) is 4.90 Å². The molecule has 1 aromatic rings. The van der Waals surface area contributed by atoms with Crippen LogP contribution in [0.4, 0.5) is 15.3 Å². The number of fused-ring (bicyclic) bond motifs is 2. The van der Waals surface area contributed by atoms with Gasteiger partial charge in [0.25, 0.3) is 5.91 Å². The summed E-state index contributed by atoms with van der Waals surface area (Å²) in [5, 5.41) is 12.8. The van der Waals surface area contributed by atoms with Crippen molar-refractivity contribution in [2.24, 2.45) is 0 Å². The number of rotatable bonds is 2. The Hall–Kier alpha value is -2.81. The molecule has 0 saturated carbocycles. The molecule has 2 atom stereocenters. The number of piperidine rings is 1. The normalized spacial score (nSPS) is 22.7. The van der Waals surface area contributed by atoms with Gasteiger partial charge in [0.1, 0.15) is 6.04 Å². The molecule has 122 valence electrons. The second kappa shape index (κ2) is 6.13. The summed E-state index contributed by atoms with van der Waals surface area (Å²) in [6.07, 6.45) is 0.967. The highest BCUT2D eigenvalue weighted by atomic mass is 16.5. The molecule has 1 aromatic carbocycles. The van der Waals surface area contributed by atoms with Crippen LogP contribution >= 0.6 is 0 Å². The van der Waals surface area contributed by atoms with Gasteiger partial charge >= 0.3 is 12.1 Å². The van der Waals surface area contributed by atoms with Gasteiger partial charge in [-0.2, -0.15) is 0 Å². The molecule has 9 nitrogen and oxygen atoms in total. The van der Waals surface area contributed by atoms with E-state index in [9.17, 15) is 19.6 Å². The van der Waals surface area contributed by atoms with E-state index in [0.717, 1.165) is 0 Å². The summed E-state index contributed by atoms with van der Waals surface area (Å²) in [6.45, 7) is 0.309. The summed E-state index contributed by atoms with van der Waals surface area (Å²) in [7, 11) is 0. The molecule has 4 N–H and O–H groups in total. The van der Waals surface area contributed by atoms with Gasteiger partial charge in [-0.3, -0.25) is 15.4 Å². The lowest BCUT2D eigenvalue weighted by Crippen LogP contribution is -2.54. The number of benzene rings is 1. The predicted molar refractivity (Wildman–Crippen MR) is 79.3 cm³/mol. The predicted octanol–water partition coefficient (Wildman–Crippen LogP) is 0.497. The fraction of sp³-hybridized carbons (Fsp3) is 0.357. The maximum Gasteiger partial charge on any atom is 0.344 e. The summed E-state index contributed by atoms with van der Waals surface area (Å²) < 4.78 is 0. The van der Waals surface area contributed by atoms with Crippen molar-refractivity contribution in [1.29, 1.82) is 0 Å². The Labute approximate surface area is 132 Å². The second-order valence-corrected chi connectivity index (χ2v) is 5.46. The molecule has 2 fully saturated rings. The van der Waals surface area contributed by atoms with Crippen molar-refractivity contribution in [2.45, 2.75) is 24.9 Å². The highest BCUT2D eigenvalue weighted by Gasteiger charge is 2.46. The van der Waals surface area contributed by atoms with Crippen molar-refractivity contribution in [1.82, 2.24) is 20.8 Å². The molecule has 2 saturated heterocycles. The standard InChI is InChI=1S/C14H17N5O4/c20-12(11-7-6-10-8-18(11)14(22)19(10)23)16-17-13(21)15-9-4-2-1-3-5-9/h1-5,10-11,23H,6-8H2,(H,16,20)(H2,15,17,21). The molecule has 2 unspecified atom stereocenters. The maximum absolute atomic E-state index is 12.1. The minimum atomic E-state index is -0.701. The van der Waals surface area contributed by atoms with Gasteiger partial charge in [0, 0.05) is 12.2 Å². The molecule has 3 rings (SSSR count). The Bertz CT molecular complexity index is 623. The van der Waals surface area contributed by atoms with Crippen LogP contribution in [0.15, 0.2) is 30.3 Å². The molecular weight excluding hydrogens is 302 g/mol. The van der Waals surface area contributed by atoms with Gasteiger partial charge in [-0.25, -0.2) is 20.1 Å². The van der Waals surface area contributed by atoms with E-state index in [2.05, 4.69) is 16.2 Å². The fourth-order valence-electron chi connectivity index (χ4n) is 2.81. The lowest BCUT2D eigenvalue weighted by molar-refractivity contribution is -0.126. The first kappa shape index (κ1) is 15.1.